The molecule has 3 N–H and O–H groups in total. The molecular formula is C28H42O11. The number of ether oxygens (including phenoxy) is 4. The Balaban J connectivity index is 1.86. The second-order valence-electron chi connectivity index (χ2n) is 12.2. The van der Waals surface area contributed by atoms with E-state index in [0.29, 0.717) is 12.8 Å². The van der Waals surface area contributed by atoms with Gasteiger partial charge in [0.15, 0.2) is 0 Å². The monoisotopic (exact) mass is 554 g/mol. The van der Waals surface area contributed by atoms with Gasteiger partial charge in [0.2, 0.25) is 0 Å². The summed E-state index contributed by atoms with van der Waals surface area (Å²) in [5.41, 5.74) is -5.60. The molecule has 4 aliphatic rings. The Morgan fingerprint density at radius 1 is 0.897 bits per heavy atom. The maximum atomic E-state index is 13.0. The van der Waals surface area contributed by atoms with Crippen LogP contribution in [0, 0.1) is 28.6 Å². The van der Waals surface area contributed by atoms with Crippen molar-refractivity contribution in [2.24, 2.45) is 28.6 Å². The zero-order valence-corrected chi connectivity index (χ0v) is 23.4. The molecule has 10 atom stereocenters. The number of hydrogen-bond acceptors (Lipinski definition) is 11. The molecule has 0 heterocycles. The van der Waals surface area contributed by atoms with Gasteiger partial charge in [-0.05, 0) is 44.9 Å². The van der Waals surface area contributed by atoms with Gasteiger partial charge in [0.05, 0.1) is 35.2 Å². The molecule has 4 saturated carbocycles. The van der Waals surface area contributed by atoms with Crippen molar-refractivity contribution in [2.45, 2.75) is 109 Å². The summed E-state index contributed by atoms with van der Waals surface area (Å²) in [5, 5.41) is 36.5. The summed E-state index contributed by atoms with van der Waals surface area (Å²) in [6.45, 7) is 7.09. The molecule has 0 aromatic rings. The number of rotatable bonds is 6. The predicted molar refractivity (Wildman–Crippen MR) is 134 cm³/mol. The largest absolute Gasteiger partial charge is 0.466 e. The van der Waals surface area contributed by atoms with Crippen molar-refractivity contribution in [1.29, 1.82) is 0 Å². The van der Waals surface area contributed by atoms with E-state index < -0.39 is 82.0 Å². The molecule has 0 radical (unpaired) electrons. The molecule has 4 aliphatic carbocycles. The molecule has 220 valence electrons. The van der Waals surface area contributed by atoms with Crippen LogP contribution < -0.4 is 0 Å². The zero-order chi connectivity index (χ0) is 29.0. The van der Waals surface area contributed by atoms with Gasteiger partial charge < -0.3 is 34.3 Å². The fraction of sp³-hybridized carbons (Fsp3) is 0.857. The Morgan fingerprint density at radius 3 is 2.15 bits per heavy atom. The Kier molecular flexibility index (Phi) is 7.86. The molecule has 11 nitrogen and oxygen atoms in total. The lowest BCUT2D eigenvalue weighted by molar-refractivity contribution is -0.319. The van der Waals surface area contributed by atoms with E-state index in [2.05, 4.69) is 0 Å². The lowest BCUT2D eigenvalue weighted by Crippen LogP contribution is -2.76. The van der Waals surface area contributed by atoms with Gasteiger partial charge in [0.25, 0.3) is 0 Å². The third kappa shape index (κ3) is 4.54. The molecule has 0 saturated heterocycles. The van der Waals surface area contributed by atoms with E-state index in [1.54, 1.807) is 6.92 Å². The average molecular weight is 555 g/mol. The van der Waals surface area contributed by atoms with Crippen LogP contribution in [0.2, 0.25) is 0 Å². The standard InChI is InChI=1S/C28H42O11/c1-6-36-24(33)20-8-10-28(35)19-7-9-26(34)12-18(38-16(3)30)11-22(32)27(26,14-37-15(2)29)23(19)21(39-17(4)31)13-25(20,28)5/h18-23,32,34-35H,6-14H2,1-5H3. The third-order valence-electron chi connectivity index (χ3n) is 10.4. The summed E-state index contributed by atoms with van der Waals surface area (Å²) in [6, 6.07) is 0. The number of esters is 4. The molecule has 39 heavy (non-hydrogen) atoms. The van der Waals surface area contributed by atoms with Gasteiger partial charge in [-0.1, -0.05) is 6.92 Å². The van der Waals surface area contributed by atoms with Gasteiger partial charge in [-0.3, -0.25) is 19.2 Å². The van der Waals surface area contributed by atoms with Gasteiger partial charge in [-0.2, -0.15) is 0 Å². The number of aliphatic hydroxyl groups excluding tert-OH is 1. The van der Waals surface area contributed by atoms with Gasteiger partial charge >= 0.3 is 23.9 Å². The Bertz CT molecular complexity index is 1010. The molecule has 0 aromatic heterocycles. The number of carbonyl (C=O) groups is 4. The van der Waals surface area contributed by atoms with E-state index >= 15 is 0 Å². The molecule has 0 bridgehead atoms. The van der Waals surface area contributed by atoms with Crippen molar-refractivity contribution >= 4 is 23.9 Å². The highest BCUT2D eigenvalue weighted by atomic mass is 16.6. The van der Waals surface area contributed by atoms with E-state index in [4.69, 9.17) is 18.9 Å². The first-order valence-corrected chi connectivity index (χ1v) is 13.9. The Labute approximate surface area is 228 Å². The molecular weight excluding hydrogens is 512 g/mol. The van der Waals surface area contributed by atoms with Crippen LogP contribution in [0.5, 0.6) is 0 Å². The molecule has 4 fully saturated rings. The first-order valence-electron chi connectivity index (χ1n) is 13.9. The normalized spacial score (nSPS) is 44.7. The lowest BCUT2D eigenvalue weighted by atomic mass is 9.40. The summed E-state index contributed by atoms with van der Waals surface area (Å²) in [6.07, 6.45) is -1.88. The summed E-state index contributed by atoms with van der Waals surface area (Å²) >= 11 is 0. The van der Waals surface area contributed by atoms with Crippen molar-refractivity contribution in [2.75, 3.05) is 13.2 Å². The second-order valence-corrected chi connectivity index (χ2v) is 12.2. The fourth-order valence-corrected chi connectivity index (χ4v) is 8.91. The molecule has 0 amide bonds. The summed E-state index contributed by atoms with van der Waals surface area (Å²) in [5.74, 6) is -4.21. The molecule has 0 aromatic carbocycles. The van der Waals surface area contributed by atoms with E-state index in [1.165, 1.54) is 20.8 Å². The predicted octanol–water partition coefficient (Wildman–Crippen LogP) is 1.43. The number of hydrogen-bond donors (Lipinski definition) is 3. The Morgan fingerprint density at radius 2 is 1.56 bits per heavy atom. The van der Waals surface area contributed by atoms with Crippen molar-refractivity contribution in [1.82, 2.24) is 0 Å². The first-order chi connectivity index (χ1) is 18.1. The minimum atomic E-state index is -1.66. The van der Waals surface area contributed by atoms with Crippen molar-refractivity contribution in [3.63, 3.8) is 0 Å². The molecule has 10 unspecified atom stereocenters. The zero-order valence-electron chi connectivity index (χ0n) is 23.4. The van der Waals surface area contributed by atoms with Gasteiger partial charge in [-0.25, -0.2) is 0 Å². The van der Waals surface area contributed by atoms with Gasteiger partial charge in [-0.15, -0.1) is 0 Å². The van der Waals surface area contributed by atoms with Crippen LogP contribution >= 0.6 is 0 Å². The SMILES string of the molecule is CCOC(=O)C1CCC2(O)C3CCC4(O)CC(OC(C)=O)CC(O)C4(COC(C)=O)C3C(OC(C)=O)CC12C. The fourth-order valence-electron chi connectivity index (χ4n) is 8.91. The first kappa shape index (κ1) is 29.7. The molecule has 0 aliphatic heterocycles. The lowest BCUT2D eigenvalue weighted by Gasteiger charge is -2.68. The average Bonchev–Trinajstić information content (AvgIpc) is 3.08. The van der Waals surface area contributed by atoms with E-state index in [1.807, 2.05) is 6.92 Å². The van der Waals surface area contributed by atoms with Crippen molar-refractivity contribution in [3.05, 3.63) is 0 Å². The van der Waals surface area contributed by atoms with E-state index in [-0.39, 0.29) is 45.3 Å². The molecule has 11 heteroatoms. The van der Waals surface area contributed by atoms with Crippen LogP contribution in [0.1, 0.15) is 79.6 Å². The van der Waals surface area contributed by atoms with Crippen LogP contribution in [-0.2, 0) is 38.1 Å². The molecule has 0 spiro atoms. The van der Waals surface area contributed by atoms with Crippen LogP contribution in [0.15, 0.2) is 0 Å². The van der Waals surface area contributed by atoms with Crippen LogP contribution in [0.3, 0.4) is 0 Å². The number of fused-ring (bicyclic) bond motifs is 5. The maximum absolute atomic E-state index is 13.0. The van der Waals surface area contributed by atoms with Crippen LogP contribution in [0.4, 0.5) is 0 Å². The maximum Gasteiger partial charge on any atom is 0.309 e. The highest BCUT2D eigenvalue weighted by Gasteiger charge is 2.77. The second kappa shape index (κ2) is 10.3. The van der Waals surface area contributed by atoms with Crippen LogP contribution in [0.25, 0.3) is 0 Å². The van der Waals surface area contributed by atoms with E-state index in [0.717, 1.165) is 0 Å². The van der Waals surface area contributed by atoms with E-state index in [9.17, 15) is 34.5 Å². The minimum Gasteiger partial charge on any atom is -0.466 e. The van der Waals surface area contributed by atoms with Gasteiger partial charge in [0, 0.05) is 44.9 Å². The topological polar surface area (TPSA) is 166 Å². The smallest absolute Gasteiger partial charge is 0.309 e. The summed E-state index contributed by atoms with van der Waals surface area (Å²) in [7, 11) is 0. The van der Waals surface area contributed by atoms with Crippen molar-refractivity contribution in [3.8, 4) is 0 Å². The van der Waals surface area contributed by atoms with Gasteiger partial charge in [0.1, 0.15) is 18.8 Å². The molecule has 4 rings (SSSR count). The minimum absolute atomic E-state index is 0.0118. The summed E-state index contributed by atoms with van der Waals surface area (Å²) < 4.78 is 22.1. The quantitative estimate of drug-likeness (QED) is 0.321. The third-order valence-corrected chi connectivity index (χ3v) is 10.4. The van der Waals surface area contributed by atoms with Crippen molar-refractivity contribution < 1.29 is 53.4 Å². The van der Waals surface area contributed by atoms with Crippen LogP contribution in [-0.4, -0.2) is 81.9 Å². The highest BCUT2D eigenvalue weighted by Crippen LogP contribution is 2.70. The highest BCUT2D eigenvalue weighted by molar-refractivity contribution is 5.74. The number of carbonyl (C=O) groups excluding carboxylic acids is 4. The summed E-state index contributed by atoms with van der Waals surface area (Å²) in [4.78, 5) is 49.2. The Hall–Kier alpha value is -2.24. The number of aliphatic hydroxyl groups is 3.